The van der Waals surface area contributed by atoms with Crippen molar-refractivity contribution in [3.8, 4) is 6.07 Å². The molecule has 0 heterocycles. The summed E-state index contributed by atoms with van der Waals surface area (Å²) in [6.45, 7) is 6.56. The predicted octanol–water partition coefficient (Wildman–Crippen LogP) is 3.69. The third-order valence-electron chi connectivity index (χ3n) is 4.20. The summed E-state index contributed by atoms with van der Waals surface area (Å²) in [5.41, 5.74) is 2.03. The summed E-state index contributed by atoms with van der Waals surface area (Å²) in [7, 11) is 0. The van der Waals surface area contributed by atoms with Crippen molar-refractivity contribution in [2.75, 3.05) is 0 Å². The molecule has 2 nitrogen and oxygen atoms in total. The molecule has 0 aliphatic heterocycles. The number of fused-ring (bicyclic) bond motifs is 1. The second-order valence-electron chi connectivity index (χ2n) is 5.50. The molecular formula is C16H22N2. The summed E-state index contributed by atoms with van der Waals surface area (Å²) < 4.78 is 0. The number of nitrogens with zero attached hydrogens (tertiary/aromatic N) is 1. The molecule has 0 saturated carbocycles. The Morgan fingerprint density at radius 1 is 1.50 bits per heavy atom. The fraction of sp³-hybridized carbons (Fsp3) is 0.562. The fourth-order valence-corrected chi connectivity index (χ4v) is 2.86. The molecule has 0 amide bonds. The van der Waals surface area contributed by atoms with Crippen LogP contribution in [0, 0.1) is 11.3 Å². The smallest absolute Gasteiger partial charge is 0.132 e. The lowest BCUT2D eigenvalue weighted by molar-refractivity contribution is 0.311. The van der Waals surface area contributed by atoms with Crippen molar-refractivity contribution in [1.82, 2.24) is 5.32 Å². The van der Waals surface area contributed by atoms with Gasteiger partial charge < -0.3 is 0 Å². The van der Waals surface area contributed by atoms with Crippen molar-refractivity contribution in [2.45, 2.75) is 57.5 Å². The molecule has 18 heavy (non-hydrogen) atoms. The molecule has 0 saturated heterocycles. The van der Waals surface area contributed by atoms with E-state index in [0.717, 1.165) is 19.3 Å². The standard InChI is InChI=1S/C16H22N2/c1-4-13(3)18-16(11-17)10-9-12(2)14-7-5-6-8-15(14)16/h5-8,12-13,18H,4,9-10H2,1-3H3. The van der Waals surface area contributed by atoms with Crippen LogP contribution in [-0.2, 0) is 5.54 Å². The summed E-state index contributed by atoms with van der Waals surface area (Å²) >= 11 is 0. The summed E-state index contributed by atoms with van der Waals surface area (Å²) in [5, 5.41) is 13.3. The molecule has 2 heteroatoms. The van der Waals surface area contributed by atoms with Crippen LogP contribution < -0.4 is 5.32 Å². The Morgan fingerprint density at radius 2 is 2.22 bits per heavy atom. The average molecular weight is 242 g/mol. The molecule has 96 valence electrons. The van der Waals surface area contributed by atoms with E-state index in [1.165, 1.54) is 11.1 Å². The van der Waals surface area contributed by atoms with Crippen molar-refractivity contribution in [3.05, 3.63) is 35.4 Å². The third-order valence-corrected chi connectivity index (χ3v) is 4.20. The van der Waals surface area contributed by atoms with E-state index < -0.39 is 5.54 Å². The van der Waals surface area contributed by atoms with E-state index in [-0.39, 0.29) is 0 Å². The highest BCUT2D eigenvalue weighted by Gasteiger charge is 2.39. The highest BCUT2D eigenvalue weighted by Crippen LogP contribution is 2.41. The van der Waals surface area contributed by atoms with Gasteiger partial charge in [0.25, 0.3) is 0 Å². The van der Waals surface area contributed by atoms with Gasteiger partial charge in [-0.05, 0) is 43.2 Å². The minimum Gasteiger partial charge on any atom is -0.293 e. The lowest BCUT2D eigenvalue weighted by Crippen LogP contribution is -2.48. The molecule has 0 spiro atoms. The van der Waals surface area contributed by atoms with E-state index in [4.69, 9.17) is 0 Å². The Labute approximate surface area is 110 Å². The molecule has 3 unspecified atom stereocenters. The second-order valence-corrected chi connectivity index (χ2v) is 5.50. The Morgan fingerprint density at radius 3 is 2.89 bits per heavy atom. The van der Waals surface area contributed by atoms with Gasteiger partial charge in [-0.1, -0.05) is 38.1 Å². The lowest BCUT2D eigenvalue weighted by Gasteiger charge is -2.38. The van der Waals surface area contributed by atoms with Crippen LogP contribution in [-0.4, -0.2) is 6.04 Å². The van der Waals surface area contributed by atoms with Crippen LogP contribution in [0.25, 0.3) is 0 Å². The number of nitriles is 1. The molecule has 1 aromatic rings. The molecule has 0 aromatic heterocycles. The Hall–Kier alpha value is -1.33. The fourth-order valence-electron chi connectivity index (χ4n) is 2.86. The summed E-state index contributed by atoms with van der Waals surface area (Å²) in [4.78, 5) is 0. The average Bonchev–Trinajstić information content (AvgIpc) is 2.42. The van der Waals surface area contributed by atoms with Crippen molar-refractivity contribution >= 4 is 0 Å². The van der Waals surface area contributed by atoms with E-state index in [1.54, 1.807) is 0 Å². The van der Waals surface area contributed by atoms with Gasteiger partial charge in [-0.15, -0.1) is 0 Å². The molecule has 1 aromatic carbocycles. The number of hydrogen-bond donors (Lipinski definition) is 1. The monoisotopic (exact) mass is 242 g/mol. The SMILES string of the molecule is CCC(C)NC1(C#N)CCC(C)c2ccccc21. The maximum Gasteiger partial charge on any atom is 0.132 e. The molecule has 3 atom stereocenters. The maximum absolute atomic E-state index is 9.71. The predicted molar refractivity (Wildman–Crippen MR) is 74.3 cm³/mol. The normalized spacial score (nSPS) is 28.2. The van der Waals surface area contributed by atoms with Crippen molar-refractivity contribution in [1.29, 1.82) is 5.26 Å². The minimum absolute atomic E-state index is 0.367. The number of nitrogens with one attached hydrogen (secondary N) is 1. The lowest BCUT2D eigenvalue weighted by atomic mass is 9.72. The molecule has 1 aliphatic rings. The molecule has 0 radical (unpaired) electrons. The van der Waals surface area contributed by atoms with E-state index in [2.05, 4.69) is 50.4 Å². The molecule has 0 fully saturated rings. The van der Waals surface area contributed by atoms with E-state index in [1.807, 2.05) is 6.07 Å². The van der Waals surface area contributed by atoms with Crippen molar-refractivity contribution in [2.24, 2.45) is 0 Å². The number of rotatable bonds is 3. The zero-order valence-corrected chi connectivity index (χ0v) is 11.5. The highest BCUT2D eigenvalue weighted by atomic mass is 15.0. The highest BCUT2D eigenvalue weighted by molar-refractivity contribution is 5.42. The molecule has 0 bridgehead atoms. The first-order chi connectivity index (χ1) is 8.63. The van der Waals surface area contributed by atoms with Gasteiger partial charge in [0.05, 0.1) is 6.07 Å². The van der Waals surface area contributed by atoms with Crippen molar-refractivity contribution in [3.63, 3.8) is 0 Å². The first kappa shape index (κ1) is 13.1. The van der Waals surface area contributed by atoms with Crippen LogP contribution >= 0.6 is 0 Å². The van der Waals surface area contributed by atoms with Crippen molar-refractivity contribution < 1.29 is 0 Å². The molecule has 2 rings (SSSR count). The van der Waals surface area contributed by atoms with Gasteiger partial charge in [-0.2, -0.15) is 5.26 Å². The summed E-state index contributed by atoms with van der Waals surface area (Å²) in [5.74, 6) is 0.557. The van der Waals surface area contributed by atoms with Crippen LogP contribution in [0.2, 0.25) is 0 Å². The van der Waals surface area contributed by atoms with E-state index in [9.17, 15) is 5.26 Å². The van der Waals surface area contributed by atoms with Gasteiger partial charge in [-0.25, -0.2) is 0 Å². The third kappa shape index (κ3) is 2.15. The molecule has 1 aliphatic carbocycles. The van der Waals surface area contributed by atoms with Crippen LogP contribution in [0.1, 0.15) is 57.1 Å². The zero-order valence-electron chi connectivity index (χ0n) is 11.5. The topological polar surface area (TPSA) is 35.8 Å². The Bertz CT molecular complexity index is 460. The zero-order chi connectivity index (χ0) is 13.2. The maximum atomic E-state index is 9.71. The van der Waals surface area contributed by atoms with Crippen LogP contribution in [0.15, 0.2) is 24.3 Å². The van der Waals surface area contributed by atoms with Gasteiger partial charge in [0.1, 0.15) is 5.54 Å². The Balaban J connectivity index is 2.45. The van der Waals surface area contributed by atoms with Crippen LogP contribution in [0.4, 0.5) is 0 Å². The van der Waals surface area contributed by atoms with Gasteiger partial charge >= 0.3 is 0 Å². The first-order valence-electron chi connectivity index (χ1n) is 6.91. The molecular weight excluding hydrogens is 220 g/mol. The largest absolute Gasteiger partial charge is 0.293 e. The minimum atomic E-state index is -0.488. The number of benzene rings is 1. The molecule has 1 N–H and O–H groups in total. The van der Waals surface area contributed by atoms with Crippen LogP contribution in [0.3, 0.4) is 0 Å². The van der Waals surface area contributed by atoms with Crippen LogP contribution in [0.5, 0.6) is 0 Å². The van der Waals surface area contributed by atoms with Gasteiger partial charge in [0.2, 0.25) is 0 Å². The van der Waals surface area contributed by atoms with E-state index >= 15 is 0 Å². The second kappa shape index (κ2) is 5.12. The quantitative estimate of drug-likeness (QED) is 0.877. The summed E-state index contributed by atoms with van der Waals surface area (Å²) in [6.07, 6.45) is 3.03. The summed E-state index contributed by atoms with van der Waals surface area (Å²) in [6, 6.07) is 11.3. The van der Waals surface area contributed by atoms with E-state index in [0.29, 0.717) is 12.0 Å². The van der Waals surface area contributed by atoms with Gasteiger partial charge in [0.15, 0.2) is 0 Å². The van der Waals surface area contributed by atoms with Gasteiger partial charge in [-0.3, -0.25) is 5.32 Å². The van der Waals surface area contributed by atoms with Gasteiger partial charge in [0, 0.05) is 6.04 Å². The first-order valence-corrected chi connectivity index (χ1v) is 6.91. The number of hydrogen-bond acceptors (Lipinski definition) is 2. The Kier molecular flexibility index (Phi) is 3.73.